The predicted octanol–water partition coefficient (Wildman–Crippen LogP) is 6.67. The van der Waals surface area contributed by atoms with Gasteiger partial charge in [-0.25, -0.2) is 0 Å². The summed E-state index contributed by atoms with van der Waals surface area (Å²) in [6.45, 7) is 5.15. The van der Waals surface area contributed by atoms with E-state index in [1.54, 1.807) is 6.92 Å². The molecule has 1 heterocycles. The number of nitrogens with zero attached hydrogens (tertiary/aromatic N) is 1. The average Bonchev–Trinajstić information content (AvgIpc) is 3.10. The maximum Gasteiger partial charge on any atom is 0.416 e. The number of para-hydroxylation sites is 1. The highest BCUT2D eigenvalue weighted by atomic mass is 19.4. The minimum Gasteiger partial charge on any atom is -0.366 e. The molecule has 3 aromatic carbocycles. The van der Waals surface area contributed by atoms with Gasteiger partial charge in [0.2, 0.25) is 0 Å². The lowest BCUT2D eigenvalue weighted by atomic mass is 9.99. The third-order valence-corrected chi connectivity index (χ3v) is 5.81. The first-order valence-electron chi connectivity index (χ1n) is 10.4. The van der Waals surface area contributed by atoms with E-state index in [1.807, 2.05) is 6.07 Å². The molecule has 0 spiro atoms. The van der Waals surface area contributed by atoms with Gasteiger partial charge in [-0.2, -0.15) is 13.2 Å². The van der Waals surface area contributed by atoms with Crippen LogP contribution in [0, 0.1) is 13.8 Å². The summed E-state index contributed by atoms with van der Waals surface area (Å²) >= 11 is 0. The largest absolute Gasteiger partial charge is 0.416 e. The minimum atomic E-state index is -4.32. The number of benzene rings is 3. The summed E-state index contributed by atoms with van der Waals surface area (Å²) in [5, 5.41) is 0. The first-order valence-corrected chi connectivity index (χ1v) is 10.4. The summed E-state index contributed by atoms with van der Waals surface area (Å²) in [6.07, 6.45) is -1.51. The minimum absolute atomic E-state index is 0.499. The number of hydrogen-bond donors (Lipinski definition) is 0. The topological polar surface area (TPSA) is 3.24 Å². The molecule has 0 atom stereocenters. The zero-order chi connectivity index (χ0) is 21.3. The standard InChI is InChI=1S/C26H26F3N/c1-18-6-8-20(9-7-18)10-11-22-4-3-5-23-12-13-30(25(22)23)17-21-14-19(2)15-24(16-21)26(27,28)29/h3-9,14-16H,10-13,17H2,1-2H3. The zero-order valence-electron chi connectivity index (χ0n) is 17.4. The molecule has 0 unspecified atom stereocenters. The number of anilines is 1. The van der Waals surface area contributed by atoms with Crippen molar-refractivity contribution in [3.05, 3.63) is 99.6 Å². The molecule has 0 fully saturated rings. The SMILES string of the molecule is Cc1ccc(CCc2cccc3c2N(Cc2cc(C)cc(C(F)(F)F)c2)CC3)cc1. The second kappa shape index (κ2) is 8.17. The number of rotatable bonds is 5. The van der Waals surface area contributed by atoms with Crippen LogP contribution < -0.4 is 4.90 Å². The van der Waals surface area contributed by atoms with E-state index in [1.165, 1.54) is 40.1 Å². The van der Waals surface area contributed by atoms with Gasteiger partial charge < -0.3 is 4.90 Å². The Morgan fingerprint density at radius 3 is 2.33 bits per heavy atom. The Balaban J connectivity index is 1.57. The van der Waals surface area contributed by atoms with Gasteiger partial charge in [-0.15, -0.1) is 0 Å². The number of fused-ring (bicyclic) bond motifs is 1. The maximum absolute atomic E-state index is 13.2. The van der Waals surface area contributed by atoms with Gasteiger partial charge in [0.25, 0.3) is 0 Å². The molecule has 0 N–H and O–H groups in total. The van der Waals surface area contributed by atoms with Crippen molar-refractivity contribution >= 4 is 5.69 Å². The van der Waals surface area contributed by atoms with Gasteiger partial charge in [-0.3, -0.25) is 0 Å². The van der Waals surface area contributed by atoms with Gasteiger partial charge in [0, 0.05) is 18.8 Å². The smallest absolute Gasteiger partial charge is 0.366 e. The van der Waals surface area contributed by atoms with E-state index in [-0.39, 0.29) is 0 Å². The first-order chi connectivity index (χ1) is 14.3. The molecular formula is C26H26F3N. The molecule has 0 aromatic heterocycles. The van der Waals surface area contributed by atoms with E-state index in [4.69, 9.17) is 0 Å². The van der Waals surface area contributed by atoms with Crippen molar-refractivity contribution in [2.45, 2.75) is 45.8 Å². The number of alkyl halides is 3. The molecule has 0 saturated carbocycles. The molecule has 0 aliphatic carbocycles. The summed E-state index contributed by atoms with van der Waals surface area (Å²) in [6, 6.07) is 19.4. The van der Waals surface area contributed by atoms with Crippen LogP contribution in [0.1, 0.15) is 38.9 Å². The van der Waals surface area contributed by atoms with Crippen LogP contribution in [0.2, 0.25) is 0 Å². The highest BCUT2D eigenvalue weighted by molar-refractivity contribution is 5.64. The predicted molar refractivity (Wildman–Crippen MR) is 116 cm³/mol. The van der Waals surface area contributed by atoms with Crippen molar-refractivity contribution in [1.82, 2.24) is 0 Å². The van der Waals surface area contributed by atoms with Crippen molar-refractivity contribution in [3.63, 3.8) is 0 Å². The Labute approximate surface area is 176 Å². The Bertz CT molecular complexity index is 1040. The van der Waals surface area contributed by atoms with Gasteiger partial charge in [0.05, 0.1) is 5.56 Å². The highest BCUT2D eigenvalue weighted by Gasteiger charge is 2.31. The molecule has 1 aliphatic rings. The molecule has 1 nitrogen and oxygen atoms in total. The molecule has 0 amide bonds. The number of halogens is 3. The Morgan fingerprint density at radius 1 is 0.833 bits per heavy atom. The Morgan fingerprint density at radius 2 is 1.60 bits per heavy atom. The van der Waals surface area contributed by atoms with E-state index in [2.05, 4.69) is 54.3 Å². The fraction of sp³-hybridized carbons (Fsp3) is 0.308. The summed E-state index contributed by atoms with van der Waals surface area (Å²) in [5.41, 5.74) is 7.12. The Kier molecular flexibility index (Phi) is 5.59. The van der Waals surface area contributed by atoms with Crippen LogP contribution in [-0.2, 0) is 32.0 Å². The molecule has 0 radical (unpaired) electrons. The van der Waals surface area contributed by atoms with Crippen LogP contribution >= 0.6 is 0 Å². The Hall–Kier alpha value is -2.75. The zero-order valence-corrected chi connectivity index (χ0v) is 17.4. The highest BCUT2D eigenvalue weighted by Crippen LogP contribution is 2.35. The molecule has 0 saturated heterocycles. The molecule has 1 aliphatic heterocycles. The van der Waals surface area contributed by atoms with Crippen molar-refractivity contribution in [3.8, 4) is 0 Å². The van der Waals surface area contributed by atoms with Crippen LogP contribution in [0.25, 0.3) is 0 Å². The average molecular weight is 409 g/mol. The second-order valence-corrected chi connectivity index (χ2v) is 8.29. The summed E-state index contributed by atoms with van der Waals surface area (Å²) < 4.78 is 39.7. The van der Waals surface area contributed by atoms with Gasteiger partial charge in [-0.05, 0) is 67.5 Å². The van der Waals surface area contributed by atoms with Gasteiger partial charge in [-0.1, -0.05) is 59.7 Å². The molecular weight excluding hydrogens is 383 g/mol. The van der Waals surface area contributed by atoms with Gasteiger partial charge in [0.15, 0.2) is 0 Å². The van der Waals surface area contributed by atoms with Gasteiger partial charge in [0.1, 0.15) is 0 Å². The molecule has 3 aromatic rings. The molecule has 4 heteroatoms. The van der Waals surface area contributed by atoms with Crippen LogP contribution in [0.4, 0.5) is 18.9 Å². The lowest BCUT2D eigenvalue weighted by molar-refractivity contribution is -0.137. The normalized spacial score (nSPS) is 13.6. The fourth-order valence-corrected chi connectivity index (χ4v) is 4.35. The lowest BCUT2D eigenvalue weighted by Gasteiger charge is -2.23. The quantitative estimate of drug-likeness (QED) is 0.455. The molecule has 156 valence electrons. The summed E-state index contributed by atoms with van der Waals surface area (Å²) in [7, 11) is 0. The fourth-order valence-electron chi connectivity index (χ4n) is 4.35. The maximum atomic E-state index is 13.2. The van der Waals surface area contributed by atoms with Crippen LogP contribution in [0.15, 0.2) is 60.7 Å². The monoisotopic (exact) mass is 409 g/mol. The number of aryl methyl sites for hydroxylation is 4. The van der Waals surface area contributed by atoms with E-state index < -0.39 is 11.7 Å². The number of hydrogen-bond acceptors (Lipinski definition) is 1. The van der Waals surface area contributed by atoms with Crippen molar-refractivity contribution in [2.75, 3.05) is 11.4 Å². The molecule has 30 heavy (non-hydrogen) atoms. The van der Waals surface area contributed by atoms with Crippen LogP contribution in [0.3, 0.4) is 0 Å². The molecule has 4 rings (SSSR count). The van der Waals surface area contributed by atoms with Crippen molar-refractivity contribution in [2.24, 2.45) is 0 Å². The third-order valence-electron chi connectivity index (χ3n) is 5.81. The summed E-state index contributed by atoms with van der Waals surface area (Å²) in [4.78, 5) is 2.24. The van der Waals surface area contributed by atoms with E-state index in [9.17, 15) is 13.2 Å². The molecule has 0 bridgehead atoms. The first kappa shape index (κ1) is 20.5. The van der Waals surface area contributed by atoms with Gasteiger partial charge >= 0.3 is 6.18 Å². The van der Waals surface area contributed by atoms with Crippen molar-refractivity contribution in [1.29, 1.82) is 0 Å². The third kappa shape index (κ3) is 4.53. The second-order valence-electron chi connectivity index (χ2n) is 8.29. The summed E-state index contributed by atoms with van der Waals surface area (Å²) in [5.74, 6) is 0. The van der Waals surface area contributed by atoms with E-state index in [0.29, 0.717) is 17.7 Å². The van der Waals surface area contributed by atoms with E-state index >= 15 is 0 Å². The van der Waals surface area contributed by atoms with E-state index in [0.717, 1.165) is 25.8 Å². The van der Waals surface area contributed by atoms with Crippen LogP contribution in [-0.4, -0.2) is 6.54 Å². The van der Waals surface area contributed by atoms with Crippen LogP contribution in [0.5, 0.6) is 0 Å². The lowest BCUT2D eigenvalue weighted by Crippen LogP contribution is -2.21. The van der Waals surface area contributed by atoms with Crippen molar-refractivity contribution < 1.29 is 13.2 Å².